The van der Waals surface area contributed by atoms with E-state index in [1.165, 1.54) is 25.3 Å². The molecule has 4 N–H and O–H groups in total. The fraction of sp³-hybridized carbons (Fsp3) is 0.455. The third kappa shape index (κ3) is 2.24. The van der Waals surface area contributed by atoms with Gasteiger partial charge in [0.15, 0.2) is 5.69 Å². The van der Waals surface area contributed by atoms with Gasteiger partial charge in [-0.1, -0.05) is 6.42 Å². The summed E-state index contributed by atoms with van der Waals surface area (Å²) in [5, 5.41) is 11.9. The van der Waals surface area contributed by atoms with Crippen molar-refractivity contribution in [3.8, 4) is 0 Å². The first-order chi connectivity index (χ1) is 7.66. The number of rotatable bonds is 4. The van der Waals surface area contributed by atoms with E-state index in [1.54, 1.807) is 6.07 Å². The zero-order valence-electron chi connectivity index (χ0n) is 8.94. The van der Waals surface area contributed by atoms with E-state index in [-0.39, 0.29) is 5.69 Å². The van der Waals surface area contributed by atoms with Gasteiger partial charge < -0.3 is 16.2 Å². The second kappa shape index (κ2) is 4.38. The number of hydrogen-bond acceptors (Lipinski definition) is 4. The maximum absolute atomic E-state index is 10.7. The summed E-state index contributed by atoms with van der Waals surface area (Å²) < 4.78 is 0. The predicted molar refractivity (Wildman–Crippen MR) is 61.4 cm³/mol. The minimum atomic E-state index is -1.04. The molecule has 1 heterocycles. The van der Waals surface area contributed by atoms with Gasteiger partial charge in [0.2, 0.25) is 0 Å². The molecule has 0 radical (unpaired) electrons. The van der Waals surface area contributed by atoms with Gasteiger partial charge in [0, 0.05) is 6.54 Å². The molecular formula is C11H15N3O2. The SMILES string of the molecule is Nc1ccc(C(=O)O)nc1NCC1CCC1. The van der Waals surface area contributed by atoms with Gasteiger partial charge in [0.05, 0.1) is 5.69 Å². The molecule has 1 aliphatic rings. The molecular weight excluding hydrogens is 206 g/mol. The molecule has 0 amide bonds. The van der Waals surface area contributed by atoms with Crippen LogP contribution < -0.4 is 11.1 Å². The molecule has 0 saturated heterocycles. The van der Waals surface area contributed by atoms with Crippen LogP contribution in [-0.2, 0) is 0 Å². The molecule has 1 fully saturated rings. The van der Waals surface area contributed by atoms with Crippen LogP contribution in [0.1, 0.15) is 29.8 Å². The van der Waals surface area contributed by atoms with Crippen molar-refractivity contribution in [3.05, 3.63) is 17.8 Å². The molecule has 1 aromatic heterocycles. The van der Waals surface area contributed by atoms with E-state index in [0.717, 1.165) is 6.54 Å². The van der Waals surface area contributed by atoms with E-state index in [1.807, 2.05) is 0 Å². The smallest absolute Gasteiger partial charge is 0.354 e. The molecule has 16 heavy (non-hydrogen) atoms. The van der Waals surface area contributed by atoms with Crippen LogP contribution in [0.15, 0.2) is 12.1 Å². The van der Waals surface area contributed by atoms with E-state index >= 15 is 0 Å². The number of carboxylic acid groups (broad SMARTS) is 1. The number of anilines is 2. The summed E-state index contributed by atoms with van der Waals surface area (Å²) in [6.07, 6.45) is 3.74. The van der Waals surface area contributed by atoms with Gasteiger partial charge in [0.25, 0.3) is 0 Å². The van der Waals surface area contributed by atoms with Crippen LogP contribution in [0, 0.1) is 5.92 Å². The van der Waals surface area contributed by atoms with E-state index in [4.69, 9.17) is 10.8 Å². The highest BCUT2D eigenvalue weighted by Gasteiger charge is 2.17. The molecule has 86 valence electrons. The molecule has 0 unspecified atom stereocenters. The lowest BCUT2D eigenvalue weighted by Crippen LogP contribution is -2.22. The number of nitrogens with one attached hydrogen (secondary N) is 1. The Morgan fingerprint density at radius 1 is 1.56 bits per heavy atom. The zero-order chi connectivity index (χ0) is 11.5. The topological polar surface area (TPSA) is 88.2 Å². The third-order valence-electron chi connectivity index (χ3n) is 2.93. The number of nitrogen functional groups attached to an aromatic ring is 1. The normalized spacial score (nSPS) is 15.5. The second-order valence-electron chi connectivity index (χ2n) is 4.12. The minimum absolute atomic E-state index is 0.0188. The highest BCUT2D eigenvalue weighted by atomic mass is 16.4. The summed E-state index contributed by atoms with van der Waals surface area (Å²) >= 11 is 0. The summed E-state index contributed by atoms with van der Waals surface area (Å²) in [6.45, 7) is 0.820. The Bertz CT molecular complexity index is 402. The number of aromatic nitrogens is 1. The number of hydrogen-bond donors (Lipinski definition) is 3. The number of carboxylic acids is 1. The van der Waals surface area contributed by atoms with Crippen molar-refractivity contribution in [1.82, 2.24) is 4.98 Å². The standard InChI is InChI=1S/C11H15N3O2/c12-8-4-5-9(11(15)16)14-10(8)13-6-7-2-1-3-7/h4-5,7H,1-3,6,12H2,(H,13,14)(H,15,16). The Labute approximate surface area is 93.7 Å². The van der Waals surface area contributed by atoms with Gasteiger partial charge in [-0.15, -0.1) is 0 Å². The van der Waals surface area contributed by atoms with Gasteiger partial charge >= 0.3 is 5.97 Å². The molecule has 0 bridgehead atoms. The highest BCUT2D eigenvalue weighted by molar-refractivity contribution is 5.86. The van der Waals surface area contributed by atoms with Crippen molar-refractivity contribution < 1.29 is 9.90 Å². The van der Waals surface area contributed by atoms with E-state index in [9.17, 15) is 4.79 Å². The van der Waals surface area contributed by atoms with Crippen molar-refractivity contribution >= 4 is 17.5 Å². The van der Waals surface area contributed by atoms with Crippen LogP contribution in [0.4, 0.5) is 11.5 Å². The highest BCUT2D eigenvalue weighted by Crippen LogP contribution is 2.27. The summed E-state index contributed by atoms with van der Waals surface area (Å²) in [7, 11) is 0. The molecule has 0 aliphatic heterocycles. The maximum atomic E-state index is 10.7. The first-order valence-electron chi connectivity index (χ1n) is 5.40. The molecule has 5 heteroatoms. The van der Waals surface area contributed by atoms with Gasteiger partial charge in [-0.05, 0) is 30.9 Å². The number of aromatic carboxylic acids is 1. The molecule has 0 spiro atoms. The number of pyridine rings is 1. The van der Waals surface area contributed by atoms with Crippen molar-refractivity contribution in [2.24, 2.45) is 5.92 Å². The van der Waals surface area contributed by atoms with Crippen LogP contribution in [0.2, 0.25) is 0 Å². The van der Waals surface area contributed by atoms with Gasteiger partial charge in [-0.3, -0.25) is 0 Å². The lowest BCUT2D eigenvalue weighted by Gasteiger charge is -2.25. The fourth-order valence-corrected chi connectivity index (χ4v) is 1.67. The van der Waals surface area contributed by atoms with Crippen molar-refractivity contribution in [2.45, 2.75) is 19.3 Å². The van der Waals surface area contributed by atoms with Crippen molar-refractivity contribution in [3.63, 3.8) is 0 Å². The lowest BCUT2D eigenvalue weighted by molar-refractivity contribution is 0.0690. The summed E-state index contributed by atoms with van der Waals surface area (Å²) in [5.74, 6) is 0.119. The van der Waals surface area contributed by atoms with E-state index in [0.29, 0.717) is 17.4 Å². The first kappa shape index (κ1) is 10.7. The largest absolute Gasteiger partial charge is 0.477 e. The zero-order valence-corrected chi connectivity index (χ0v) is 8.94. The number of nitrogens with two attached hydrogens (primary N) is 1. The average molecular weight is 221 g/mol. The molecule has 0 atom stereocenters. The summed E-state index contributed by atoms with van der Waals surface area (Å²) in [6, 6.07) is 2.98. The predicted octanol–water partition coefficient (Wildman–Crippen LogP) is 1.57. The van der Waals surface area contributed by atoms with Crippen LogP contribution in [0.3, 0.4) is 0 Å². The van der Waals surface area contributed by atoms with Crippen LogP contribution in [0.25, 0.3) is 0 Å². The third-order valence-corrected chi connectivity index (χ3v) is 2.93. The van der Waals surface area contributed by atoms with E-state index in [2.05, 4.69) is 10.3 Å². The minimum Gasteiger partial charge on any atom is -0.477 e. The molecule has 1 saturated carbocycles. The van der Waals surface area contributed by atoms with Gasteiger partial charge in [-0.2, -0.15) is 0 Å². The molecule has 1 aliphatic carbocycles. The Kier molecular flexibility index (Phi) is 2.94. The van der Waals surface area contributed by atoms with Crippen LogP contribution >= 0.6 is 0 Å². The van der Waals surface area contributed by atoms with Crippen LogP contribution in [-0.4, -0.2) is 22.6 Å². The summed E-state index contributed by atoms with van der Waals surface area (Å²) in [4.78, 5) is 14.7. The maximum Gasteiger partial charge on any atom is 0.354 e. The summed E-state index contributed by atoms with van der Waals surface area (Å²) in [5.41, 5.74) is 6.23. The van der Waals surface area contributed by atoms with Gasteiger partial charge in [-0.25, -0.2) is 9.78 Å². The van der Waals surface area contributed by atoms with E-state index < -0.39 is 5.97 Å². The Morgan fingerprint density at radius 2 is 2.31 bits per heavy atom. The molecule has 1 aromatic rings. The molecule has 2 rings (SSSR count). The Morgan fingerprint density at radius 3 is 2.88 bits per heavy atom. The lowest BCUT2D eigenvalue weighted by atomic mass is 9.85. The fourth-order valence-electron chi connectivity index (χ4n) is 1.67. The second-order valence-corrected chi connectivity index (χ2v) is 4.12. The monoisotopic (exact) mass is 221 g/mol. The van der Waals surface area contributed by atoms with Crippen molar-refractivity contribution in [2.75, 3.05) is 17.6 Å². The van der Waals surface area contributed by atoms with Gasteiger partial charge in [0.1, 0.15) is 5.82 Å². The quantitative estimate of drug-likeness (QED) is 0.718. The Balaban J connectivity index is 2.05. The Hall–Kier alpha value is -1.78. The van der Waals surface area contributed by atoms with Crippen molar-refractivity contribution in [1.29, 1.82) is 0 Å². The number of nitrogens with zero attached hydrogens (tertiary/aromatic N) is 1. The average Bonchev–Trinajstić information content (AvgIpc) is 2.18. The van der Waals surface area contributed by atoms with Crippen LogP contribution in [0.5, 0.6) is 0 Å². The molecule has 0 aromatic carbocycles. The molecule has 5 nitrogen and oxygen atoms in total. The number of carbonyl (C=O) groups is 1. The first-order valence-corrected chi connectivity index (χ1v) is 5.40.